The Balaban J connectivity index is 1.87. The summed E-state index contributed by atoms with van der Waals surface area (Å²) in [5.41, 5.74) is 2.96. The molecule has 1 unspecified atom stereocenters. The van der Waals surface area contributed by atoms with Gasteiger partial charge in [-0.05, 0) is 49.5 Å². The van der Waals surface area contributed by atoms with E-state index in [2.05, 4.69) is 29.6 Å². The van der Waals surface area contributed by atoms with Gasteiger partial charge in [-0.1, -0.05) is 30.3 Å². The second-order valence-electron chi connectivity index (χ2n) is 6.57. The molecule has 144 valence electrons. The van der Waals surface area contributed by atoms with E-state index in [9.17, 15) is 9.59 Å². The van der Waals surface area contributed by atoms with Crippen molar-refractivity contribution in [1.29, 1.82) is 0 Å². The summed E-state index contributed by atoms with van der Waals surface area (Å²) in [6.45, 7) is 2.13. The molecule has 27 heavy (non-hydrogen) atoms. The SMILES string of the molecule is CCOC(=O)c1c(NC(=O)CCSC)sc2c1CCC(c1ccccc1)C2. The van der Waals surface area contributed by atoms with Crippen LogP contribution >= 0.6 is 23.1 Å². The van der Waals surface area contributed by atoms with E-state index in [0.29, 0.717) is 29.5 Å². The van der Waals surface area contributed by atoms with Gasteiger partial charge in [-0.3, -0.25) is 4.79 Å². The molecule has 1 aromatic heterocycles. The molecule has 0 spiro atoms. The second-order valence-corrected chi connectivity index (χ2v) is 8.66. The minimum absolute atomic E-state index is 0.0481. The van der Waals surface area contributed by atoms with E-state index in [1.165, 1.54) is 21.8 Å². The lowest BCUT2D eigenvalue weighted by Gasteiger charge is -2.23. The number of thiophene rings is 1. The van der Waals surface area contributed by atoms with Gasteiger partial charge in [-0.15, -0.1) is 11.3 Å². The molecule has 1 amide bonds. The number of amides is 1. The van der Waals surface area contributed by atoms with Crippen molar-refractivity contribution < 1.29 is 14.3 Å². The summed E-state index contributed by atoms with van der Waals surface area (Å²) in [7, 11) is 0. The van der Waals surface area contributed by atoms with E-state index >= 15 is 0 Å². The standard InChI is InChI=1S/C21H25NO3S2/c1-3-25-21(24)19-16-10-9-15(14-7-5-4-6-8-14)13-17(16)27-20(19)22-18(23)11-12-26-2/h4-8,15H,3,9-13H2,1-2H3,(H,22,23). The van der Waals surface area contributed by atoms with Crippen molar-refractivity contribution in [3.63, 3.8) is 0 Å². The number of fused-ring (bicyclic) bond motifs is 1. The van der Waals surface area contributed by atoms with Crippen LogP contribution in [0.1, 0.15) is 52.0 Å². The molecule has 1 heterocycles. The van der Waals surface area contributed by atoms with Crippen LogP contribution in [0, 0.1) is 0 Å². The fourth-order valence-electron chi connectivity index (χ4n) is 3.49. The van der Waals surface area contributed by atoms with E-state index in [-0.39, 0.29) is 11.9 Å². The zero-order chi connectivity index (χ0) is 19.2. The van der Waals surface area contributed by atoms with Crippen molar-refractivity contribution in [3.8, 4) is 0 Å². The molecule has 0 aliphatic heterocycles. The molecule has 0 radical (unpaired) electrons. The Kier molecular flexibility index (Phi) is 6.96. The van der Waals surface area contributed by atoms with Crippen LogP contribution in [0.2, 0.25) is 0 Å². The van der Waals surface area contributed by atoms with Gasteiger partial charge in [0.15, 0.2) is 0 Å². The first-order chi connectivity index (χ1) is 13.1. The van der Waals surface area contributed by atoms with Gasteiger partial charge >= 0.3 is 5.97 Å². The van der Waals surface area contributed by atoms with Crippen LogP contribution in [0.3, 0.4) is 0 Å². The van der Waals surface area contributed by atoms with Crippen molar-refractivity contribution in [1.82, 2.24) is 0 Å². The average Bonchev–Trinajstić information content (AvgIpc) is 3.04. The van der Waals surface area contributed by atoms with E-state index in [0.717, 1.165) is 30.6 Å². The van der Waals surface area contributed by atoms with E-state index < -0.39 is 0 Å². The lowest BCUT2D eigenvalue weighted by molar-refractivity contribution is -0.115. The molecule has 1 aliphatic carbocycles. The number of thioether (sulfide) groups is 1. The summed E-state index contributed by atoms with van der Waals surface area (Å²) in [5, 5.41) is 3.61. The minimum atomic E-state index is -0.326. The molecule has 6 heteroatoms. The van der Waals surface area contributed by atoms with Crippen LogP contribution in [-0.2, 0) is 22.4 Å². The highest BCUT2D eigenvalue weighted by atomic mass is 32.2. The van der Waals surface area contributed by atoms with E-state index in [1.807, 2.05) is 12.3 Å². The average molecular weight is 404 g/mol. The molecule has 0 fully saturated rings. The van der Waals surface area contributed by atoms with Crippen LogP contribution in [0.5, 0.6) is 0 Å². The van der Waals surface area contributed by atoms with Crippen molar-refractivity contribution in [2.75, 3.05) is 23.9 Å². The summed E-state index contributed by atoms with van der Waals surface area (Å²) < 4.78 is 5.28. The molecule has 1 atom stereocenters. The van der Waals surface area contributed by atoms with Crippen LogP contribution in [0.15, 0.2) is 30.3 Å². The predicted octanol–water partition coefficient (Wildman–Crippen LogP) is 4.89. The van der Waals surface area contributed by atoms with Crippen LogP contribution < -0.4 is 5.32 Å². The molecular formula is C21H25NO3S2. The van der Waals surface area contributed by atoms with Gasteiger partial charge in [0.25, 0.3) is 0 Å². The molecule has 0 saturated heterocycles. The van der Waals surface area contributed by atoms with Gasteiger partial charge < -0.3 is 10.1 Å². The molecule has 1 aromatic carbocycles. The number of ether oxygens (including phenoxy) is 1. The lowest BCUT2D eigenvalue weighted by atomic mass is 9.83. The number of rotatable bonds is 7. The molecule has 3 rings (SSSR count). The fraction of sp³-hybridized carbons (Fsp3) is 0.429. The number of benzene rings is 1. The Bertz CT molecular complexity index is 801. The Morgan fingerprint density at radius 1 is 1.30 bits per heavy atom. The van der Waals surface area contributed by atoms with Crippen molar-refractivity contribution in [3.05, 3.63) is 51.9 Å². The van der Waals surface area contributed by atoms with Crippen molar-refractivity contribution in [2.45, 2.75) is 38.5 Å². The number of hydrogen-bond donors (Lipinski definition) is 1. The van der Waals surface area contributed by atoms with Crippen molar-refractivity contribution in [2.24, 2.45) is 0 Å². The summed E-state index contributed by atoms with van der Waals surface area (Å²) in [6.07, 6.45) is 5.15. The summed E-state index contributed by atoms with van der Waals surface area (Å²) in [5.74, 6) is 0.843. The maximum absolute atomic E-state index is 12.6. The van der Waals surface area contributed by atoms with Gasteiger partial charge in [0, 0.05) is 17.1 Å². The summed E-state index contributed by atoms with van der Waals surface area (Å²) in [6, 6.07) is 10.5. The number of anilines is 1. The Morgan fingerprint density at radius 3 is 2.78 bits per heavy atom. The topological polar surface area (TPSA) is 55.4 Å². The summed E-state index contributed by atoms with van der Waals surface area (Å²) in [4.78, 5) is 26.0. The third-order valence-electron chi connectivity index (χ3n) is 4.80. The van der Waals surface area contributed by atoms with Gasteiger partial charge in [-0.25, -0.2) is 4.79 Å². The van der Waals surface area contributed by atoms with Gasteiger partial charge in [0.05, 0.1) is 12.2 Å². The first-order valence-corrected chi connectivity index (χ1v) is 11.5. The Labute approximate surface area is 168 Å². The normalized spacial score (nSPS) is 15.9. The molecule has 1 aliphatic rings. The molecule has 0 saturated carbocycles. The molecule has 0 bridgehead atoms. The Morgan fingerprint density at radius 2 is 2.07 bits per heavy atom. The number of carbonyl (C=O) groups is 2. The van der Waals surface area contributed by atoms with E-state index in [4.69, 9.17) is 4.74 Å². The summed E-state index contributed by atoms with van der Waals surface area (Å²) >= 11 is 3.17. The first-order valence-electron chi connectivity index (χ1n) is 9.29. The highest BCUT2D eigenvalue weighted by Gasteiger charge is 2.30. The third kappa shape index (κ3) is 4.74. The molecular weight excluding hydrogens is 378 g/mol. The van der Waals surface area contributed by atoms with Crippen LogP contribution in [0.4, 0.5) is 5.00 Å². The third-order valence-corrected chi connectivity index (χ3v) is 6.58. The van der Waals surface area contributed by atoms with Crippen LogP contribution in [0.25, 0.3) is 0 Å². The van der Waals surface area contributed by atoms with Gasteiger partial charge in [0.1, 0.15) is 5.00 Å². The smallest absolute Gasteiger partial charge is 0.341 e. The minimum Gasteiger partial charge on any atom is -0.462 e. The quantitative estimate of drug-likeness (QED) is 0.669. The fourth-order valence-corrected chi connectivity index (χ4v) is 5.21. The zero-order valence-electron chi connectivity index (χ0n) is 15.7. The highest BCUT2D eigenvalue weighted by molar-refractivity contribution is 7.98. The molecule has 4 nitrogen and oxygen atoms in total. The number of carbonyl (C=O) groups excluding carboxylic acids is 2. The number of nitrogens with one attached hydrogen (secondary N) is 1. The van der Waals surface area contributed by atoms with Crippen LogP contribution in [-0.4, -0.2) is 30.5 Å². The predicted molar refractivity (Wildman–Crippen MR) is 113 cm³/mol. The van der Waals surface area contributed by atoms with E-state index in [1.54, 1.807) is 18.7 Å². The highest BCUT2D eigenvalue weighted by Crippen LogP contribution is 2.42. The number of hydrogen-bond acceptors (Lipinski definition) is 5. The Hall–Kier alpha value is -1.79. The molecule has 2 aromatic rings. The maximum atomic E-state index is 12.6. The van der Waals surface area contributed by atoms with Gasteiger partial charge in [-0.2, -0.15) is 11.8 Å². The lowest BCUT2D eigenvalue weighted by Crippen LogP contribution is -2.17. The second kappa shape index (κ2) is 9.42. The van der Waals surface area contributed by atoms with Crippen molar-refractivity contribution >= 4 is 40.0 Å². The maximum Gasteiger partial charge on any atom is 0.341 e. The molecule has 1 N–H and O–H groups in total. The largest absolute Gasteiger partial charge is 0.462 e. The zero-order valence-corrected chi connectivity index (χ0v) is 17.4. The number of esters is 1. The van der Waals surface area contributed by atoms with Gasteiger partial charge in [0.2, 0.25) is 5.91 Å². The first kappa shape index (κ1) is 20.0. The monoisotopic (exact) mass is 403 g/mol.